The zero-order valence-electron chi connectivity index (χ0n) is 11.2. The molecule has 2 heterocycles. The second-order valence-electron chi connectivity index (χ2n) is 4.13. The Kier molecular flexibility index (Phi) is 5.40. The number of unbranched alkanes of at least 4 members (excludes halogenated alkanes) is 1. The topological polar surface area (TPSA) is 76.0 Å². The number of nitrogens with zero attached hydrogens (tertiary/aromatic N) is 3. The maximum atomic E-state index is 12.8. The maximum absolute atomic E-state index is 12.8. The zero-order valence-corrected chi connectivity index (χ0v) is 13.6. The number of thiazole rings is 1. The van der Waals surface area contributed by atoms with Crippen molar-refractivity contribution in [3.8, 4) is 0 Å². The van der Waals surface area contributed by atoms with Crippen LogP contribution in [-0.2, 0) is 12.6 Å². The largest absolute Gasteiger partial charge is 0.477 e. The minimum Gasteiger partial charge on any atom is -0.477 e. The fourth-order valence-corrected chi connectivity index (χ4v) is 4.60. The predicted octanol–water partition coefficient (Wildman–Crippen LogP) is 4.21. The van der Waals surface area contributed by atoms with E-state index in [2.05, 4.69) is 15.2 Å². The molecule has 0 aliphatic heterocycles. The van der Waals surface area contributed by atoms with Crippen molar-refractivity contribution in [3.05, 3.63) is 15.6 Å². The molecule has 11 heteroatoms. The van der Waals surface area contributed by atoms with Crippen LogP contribution in [0.15, 0.2) is 8.68 Å². The summed E-state index contributed by atoms with van der Waals surface area (Å²) in [5.41, 5.74) is -1.37. The van der Waals surface area contributed by atoms with E-state index in [0.717, 1.165) is 36.0 Å². The quantitative estimate of drug-likeness (QED) is 0.822. The first-order valence-corrected chi connectivity index (χ1v) is 8.57. The van der Waals surface area contributed by atoms with Gasteiger partial charge < -0.3 is 5.11 Å². The van der Waals surface area contributed by atoms with E-state index < -0.39 is 22.7 Å². The lowest BCUT2D eigenvalue weighted by atomic mass is 10.3. The molecule has 0 radical (unpaired) electrons. The number of rotatable bonds is 6. The van der Waals surface area contributed by atoms with Crippen molar-refractivity contribution >= 4 is 40.4 Å². The van der Waals surface area contributed by atoms with E-state index in [0.29, 0.717) is 15.7 Å². The molecule has 0 saturated heterocycles. The number of halogens is 3. The molecule has 2 rings (SSSR count). The molecule has 0 spiro atoms. The molecule has 0 bridgehead atoms. The van der Waals surface area contributed by atoms with E-state index in [1.54, 1.807) is 0 Å². The Morgan fingerprint density at radius 3 is 2.55 bits per heavy atom. The van der Waals surface area contributed by atoms with Crippen LogP contribution in [0.1, 0.15) is 40.1 Å². The highest BCUT2D eigenvalue weighted by molar-refractivity contribution is 8.02. The highest BCUT2D eigenvalue weighted by atomic mass is 32.2. The third kappa shape index (κ3) is 4.17. The summed E-state index contributed by atoms with van der Waals surface area (Å²) in [4.78, 5) is 13.5. The summed E-state index contributed by atoms with van der Waals surface area (Å²) < 4.78 is 38.7. The summed E-state index contributed by atoms with van der Waals surface area (Å²) >= 11 is 2.66. The van der Waals surface area contributed by atoms with E-state index in [1.807, 2.05) is 6.92 Å². The van der Waals surface area contributed by atoms with Gasteiger partial charge in [0.1, 0.15) is 9.88 Å². The smallest absolute Gasteiger partial charge is 0.435 e. The van der Waals surface area contributed by atoms with Gasteiger partial charge in [-0.1, -0.05) is 36.0 Å². The number of hydrogen-bond acceptors (Lipinski definition) is 7. The lowest BCUT2D eigenvalue weighted by molar-refractivity contribution is -0.141. The van der Waals surface area contributed by atoms with Crippen LogP contribution in [-0.4, -0.2) is 26.3 Å². The molecule has 0 aliphatic rings. The number of carboxylic acid groups (broad SMARTS) is 1. The number of aryl methyl sites for hydroxylation is 1. The first kappa shape index (κ1) is 17.2. The Balaban J connectivity index is 2.19. The van der Waals surface area contributed by atoms with Gasteiger partial charge in [0.05, 0.1) is 0 Å². The molecule has 0 fully saturated rings. The molecule has 0 unspecified atom stereocenters. The Bertz CT molecular complexity index is 669. The fourth-order valence-electron chi connectivity index (χ4n) is 1.46. The van der Waals surface area contributed by atoms with Gasteiger partial charge >= 0.3 is 12.1 Å². The molecule has 0 amide bonds. The Hall–Kier alpha value is -1.20. The van der Waals surface area contributed by atoms with E-state index in [1.165, 1.54) is 11.3 Å². The normalized spacial score (nSPS) is 11.8. The molecular weight excluding hydrogens is 359 g/mol. The fraction of sp³-hybridized carbons (Fsp3) is 0.455. The second-order valence-corrected chi connectivity index (χ2v) is 7.68. The number of hydrogen-bond donors (Lipinski definition) is 1. The van der Waals surface area contributed by atoms with Crippen LogP contribution in [0.3, 0.4) is 0 Å². The average molecular weight is 369 g/mol. The van der Waals surface area contributed by atoms with Crippen molar-refractivity contribution in [2.75, 3.05) is 0 Å². The summed E-state index contributed by atoms with van der Waals surface area (Å²) in [6.07, 6.45) is -2.07. The zero-order chi connectivity index (χ0) is 16.3. The monoisotopic (exact) mass is 369 g/mol. The van der Waals surface area contributed by atoms with Gasteiger partial charge in [-0.15, -0.1) is 10.2 Å². The summed E-state index contributed by atoms with van der Waals surface area (Å²) in [6, 6.07) is 0. The van der Waals surface area contributed by atoms with Crippen molar-refractivity contribution < 1.29 is 23.1 Å². The van der Waals surface area contributed by atoms with Crippen molar-refractivity contribution in [2.24, 2.45) is 0 Å². The third-order valence-corrected chi connectivity index (χ3v) is 5.58. The molecule has 0 aliphatic carbocycles. The number of carbonyl (C=O) groups is 1. The van der Waals surface area contributed by atoms with Crippen molar-refractivity contribution in [1.29, 1.82) is 0 Å². The minimum atomic E-state index is -4.80. The van der Waals surface area contributed by atoms with Gasteiger partial charge in [0.25, 0.3) is 0 Å². The molecule has 1 N–H and O–H groups in total. The van der Waals surface area contributed by atoms with E-state index in [-0.39, 0.29) is 4.34 Å². The summed E-state index contributed by atoms with van der Waals surface area (Å²) in [5, 5.41) is 17.5. The molecule has 0 atom stereocenters. The molecule has 0 aromatic carbocycles. The van der Waals surface area contributed by atoms with Gasteiger partial charge in [-0.3, -0.25) is 0 Å². The van der Waals surface area contributed by atoms with Crippen LogP contribution in [0.25, 0.3) is 0 Å². The number of aromatic nitrogens is 3. The van der Waals surface area contributed by atoms with Crippen molar-refractivity contribution in [1.82, 2.24) is 15.2 Å². The molecule has 2 aromatic heterocycles. The van der Waals surface area contributed by atoms with Gasteiger partial charge in [-0.25, -0.2) is 9.78 Å². The number of alkyl halides is 3. The standard InChI is InChI=1S/C11H10F3N3O2S3/c1-2-3-4-5-16-17-10(20-5)22-9-15-7(11(12,13)14)6(21-9)8(18)19/h2-4H2,1H3,(H,18,19). The Morgan fingerprint density at radius 2 is 2.00 bits per heavy atom. The van der Waals surface area contributed by atoms with Gasteiger partial charge in [0, 0.05) is 6.42 Å². The van der Waals surface area contributed by atoms with Crippen LogP contribution in [0.4, 0.5) is 13.2 Å². The number of carboxylic acids is 1. The average Bonchev–Trinajstić information content (AvgIpc) is 3.03. The van der Waals surface area contributed by atoms with Gasteiger partial charge in [-0.05, 0) is 18.2 Å². The van der Waals surface area contributed by atoms with E-state index >= 15 is 0 Å². The highest BCUT2D eigenvalue weighted by Crippen LogP contribution is 2.40. The van der Waals surface area contributed by atoms with Crippen LogP contribution in [0.5, 0.6) is 0 Å². The van der Waals surface area contributed by atoms with Crippen LogP contribution >= 0.6 is 34.4 Å². The van der Waals surface area contributed by atoms with Crippen LogP contribution < -0.4 is 0 Å². The molecule has 120 valence electrons. The van der Waals surface area contributed by atoms with Crippen molar-refractivity contribution in [3.63, 3.8) is 0 Å². The molecule has 2 aromatic rings. The van der Waals surface area contributed by atoms with E-state index in [9.17, 15) is 18.0 Å². The van der Waals surface area contributed by atoms with Gasteiger partial charge in [0.2, 0.25) is 0 Å². The van der Waals surface area contributed by atoms with Crippen molar-refractivity contribution in [2.45, 2.75) is 41.0 Å². The lowest BCUT2D eigenvalue weighted by Crippen LogP contribution is -2.11. The van der Waals surface area contributed by atoms with Crippen LogP contribution in [0.2, 0.25) is 0 Å². The summed E-state index contributed by atoms with van der Waals surface area (Å²) in [5.74, 6) is -1.64. The van der Waals surface area contributed by atoms with E-state index in [4.69, 9.17) is 5.11 Å². The van der Waals surface area contributed by atoms with Gasteiger partial charge in [0.15, 0.2) is 14.4 Å². The SMILES string of the molecule is CCCCc1nnc(Sc2nc(C(F)(F)F)c(C(=O)O)s2)s1. The van der Waals surface area contributed by atoms with Crippen LogP contribution in [0, 0.1) is 0 Å². The van der Waals surface area contributed by atoms with Gasteiger partial charge in [-0.2, -0.15) is 13.2 Å². The molecule has 5 nitrogen and oxygen atoms in total. The Morgan fingerprint density at radius 1 is 1.27 bits per heavy atom. The summed E-state index contributed by atoms with van der Waals surface area (Å²) in [7, 11) is 0. The molecule has 22 heavy (non-hydrogen) atoms. The minimum absolute atomic E-state index is 0.0112. The molecule has 0 saturated carbocycles. The first-order chi connectivity index (χ1) is 10.3. The highest BCUT2D eigenvalue weighted by Gasteiger charge is 2.39. The molecular formula is C11H10F3N3O2S3. The number of aromatic carboxylic acids is 1. The maximum Gasteiger partial charge on any atom is 0.435 e. The third-order valence-electron chi connectivity index (χ3n) is 2.44. The predicted molar refractivity (Wildman–Crippen MR) is 76.7 cm³/mol. The first-order valence-electron chi connectivity index (χ1n) is 6.12. The second kappa shape index (κ2) is 6.92. The summed E-state index contributed by atoms with van der Waals surface area (Å²) in [6.45, 7) is 2.04. The lowest BCUT2D eigenvalue weighted by Gasteiger charge is -2.02. The Labute approximate surface area is 135 Å².